The molecule has 0 spiro atoms. The second-order valence-electron chi connectivity index (χ2n) is 8.67. The Balaban J connectivity index is 1.42. The van der Waals surface area contributed by atoms with Gasteiger partial charge in [0.2, 0.25) is 0 Å². The summed E-state index contributed by atoms with van der Waals surface area (Å²) in [5.74, 6) is 0.339. The molecule has 0 fully saturated rings. The van der Waals surface area contributed by atoms with Crippen molar-refractivity contribution in [3.05, 3.63) is 75.0 Å². The van der Waals surface area contributed by atoms with E-state index in [1.165, 1.54) is 5.56 Å². The van der Waals surface area contributed by atoms with Crippen molar-refractivity contribution in [2.75, 3.05) is 0 Å². The first-order valence-electron chi connectivity index (χ1n) is 10.4. The van der Waals surface area contributed by atoms with Gasteiger partial charge < -0.3 is 5.32 Å². The molecule has 0 saturated carbocycles. The van der Waals surface area contributed by atoms with E-state index in [4.69, 9.17) is 28.3 Å². The van der Waals surface area contributed by atoms with Gasteiger partial charge in [-0.05, 0) is 63.8 Å². The Hall–Kier alpha value is -2.90. The number of benzene rings is 1. The molecule has 164 valence electrons. The van der Waals surface area contributed by atoms with E-state index in [2.05, 4.69) is 34.5 Å². The van der Waals surface area contributed by atoms with E-state index in [0.717, 1.165) is 29.6 Å². The predicted molar refractivity (Wildman–Crippen MR) is 124 cm³/mol. The van der Waals surface area contributed by atoms with Crippen LogP contribution in [-0.2, 0) is 12.8 Å². The molecule has 5 rings (SSSR count). The van der Waals surface area contributed by atoms with Crippen LogP contribution in [0.1, 0.15) is 46.3 Å². The maximum Gasteiger partial charge on any atom is 0.254 e. The largest absolute Gasteiger partial charge is 0.346 e. The topological polar surface area (TPSA) is 77.1 Å². The highest BCUT2D eigenvalue weighted by atomic mass is 35.5. The first kappa shape index (κ1) is 21.0. The second kappa shape index (κ2) is 7.60. The average molecular weight is 469 g/mol. The van der Waals surface area contributed by atoms with Gasteiger partial charge in [0.05, 0.1) is 32.5 Å². The minimum atomic E-state index is -0.438. The van der Waals surface area contributed by atoms with E-state index >= 15 is 0 Å². The maximum absolute atomic E-state index is 13.2. The summed E-state index contributed by atoms with van der Waals surface area (Å²) in [5.41, 5.74) is 4.96. The molecular formula is C23H22Cl2N6O. The van der Waals surface area contributed by atoms with Gasteiger partial charge >= 0.3 is 0 Å². The van der Waals surface area contributed by atoms with Crippen LogP contribution in [0.15, 0.2) is 36.8 Å². The van der Waals surface area contributed by atoms with E-state index < -0.39 is 5.54 Å². The lowest BCUT2D eigenvalue weighted by Gasteiger charge is -2.34. The molecule has 7 nitrogen and oxygen atoms in total. The number of nitrogens with one attached hydrogen (secondary N) is 1. The summed E-state index contributed by atoms with van der Waals surface area (Å²) in [4.78, 5) is 17.4. The minimum Gasteiger partial charge on any atom is -0.346 e. The number of carbonyl (C=O) groups is 1. The van der Waals surface area contributed by atoms with Gasteiger partial charge in [-0.25, -0.2) is 14.2 Å². The van der Waals surface area contributed by atoms with Gasteiger partial charge in [0, 0.05) is 17.3 Å². The van der Waals surface area contributed by atoms with Crippen molar-refractivity contribution in [2.24, 2.45) is 0 Å². The molecule has 1 aliphatic rings. The molecule has 1 aromatic carbocycles. The number of hydrogen-bond acceptors (Lipinski definition) is 4. The van der Waals surface area contributed by atoms with Crippen LogP contribution in [0.5, 0.6) is 0 Å². The minimum absolute atomic E-state index is 0.261. The molecule has 32 heavy (non-hydrogen) atoms. The normalized spacial score (nSPS) is 18.0. The van der Waals surface area contributed by atoms with Crippen molar-refractivity contribution in [2.45, 2.75) is 45.6 Å². The number of halogens is 2. The van der Waals surface area contributed by atoms with Crippen molar-refractivity contribution in [1.29, 1.82) is 0 Å². The van der Waals surface area contributed by atoms with E-state index in [0.29, 0.717) is 17.9 Å². The fourth-order valence-electron chi connectivity index (χ4n) is 4.34. The maximum atomic E-state index is 13.2. The molecule has 1 unspecified atom stereocenters. The van der Waals surface area contributed by atoms with Crippen LogP contribution in [-0.4, -0.2) is 35.8 Å². The number of hydrogen-bond donors (Lipinski definition) is 1. The monoisotopic (exact) mass is 468 g/mol. The molecule has 3 aromatic heterocycles. The first-order valence-corrected chi connectivity index (χ1v) is 11.1. The average Bonchev–Trinajstić information content (AvgIpc) is 3.29. The van der Waals surface area contributed by atoms with Crippen molar-refractivity contribution in [3.8, 4) is 5.69 Å². The number of nitrogens with zero attached hydrogens (tertiary/aromatic N) is 5. The van der Waals surface area contributed by atoms with Crippen molar-refractivity contribution >= 4 is 34.6 Å². The summed E-state index contributed by atoms with van der Waals surface area (Å²) in [5, 5.41) is 12.7. The number of aryl methyl sites for hydroxylation is 3. The molecular weight excluding hydrogens is 447 g/mol. The molecule has 1 amide bonds. The Labute approximate surface area is 195 Å². The van der Waals surface area contributed by atoms with Crippen LogP contribution in [0.2, 0.25) is 10.0 Å². The van der Waals surface area contributed by atoms with Crippen LogP contribution >= 0.6 is 23.2 Å². The second-order valence-corrected chi connectivity index (χ2v) is 9.49. The van der Waals surface area contributed by atoms with Gasteiger partial charge in [0.1, 0.15) is 12.2 Å². The summed E-state index contributed by atoms with van der Waals surface area (Å²) >= 11 is 13.0. The lowest BCUT2D eigenvalue weighted by Crippen LogP contribution is -2.49. The number of amides is 1. The van der Waals surface area contributed by atoms with E-state index in [1.807, 2.05) is 17.6 Å². The van der Waals surface area contributed by atoms with Crippen molar-refractivity contribution < 1.29 is 4.79 Å². The molecule has 1 aliphatic carbocycles. The quantitative estimate of drug-likeness (QED) is 0.479. The summed E-state index contributed by atoms with van der Waals surface area (Å²) in [6.45, 7) is 5.90. The highest BCUT2D eigenvalue weighted by molar-refractivity contribution is 6.40. The molecule has 0 radical (unpaired) electrons. The highest BCUT2D eigenvalue weighted by Crippen LogP contribution is 2.33. The Kier molecular flexibility index (Phi) is 4.98. The Bertz CT molecular complexity index is 1350. The van der Waals surface area contributed by atoms with Gasteiger partial charge in [-0.1, -0.05) is 29.3 Å². The van der Waals surface area contributed by atoms with Gasteiger partial charge in [0.15, 0.2) is 0 Å². The van der Waals surface area contributed by atoms with E-state index in [-0.39, 0.29) is 21.5 Å². The lowest BCUT2D eigenvalue weighted by atomic mass is 9.81. The Morgan fingerprint density at radius 3 is 2.59 bits per heavy atom. The zero-order valence-corrected chi connectivity index (χ0v) is 19.5. The van der Waals surface area contributed by atoms with Gasteiger partial charge in [-0.3, -0.25) is 4.79 Å². The SMILES string of the molecule is Cc1ccc2c3c(nn2c1)CCC(C)(NC(=O)c1c(Cl)cc(-n2cnc(C)n2)cc1Cl)C3. The third kappa shape index (κ3) is 3.65. The van der Waals surface area contributed by atoms with Crippen molar-refractivity contribution in [1.82, 2.24) is 29.7 Å². The number of pyridine rings is 1. The summed E-state index contributed by atoms with van der Waals surface area (Å²) in [6.07, 6.45) is 5.86. The van der Waals surface area contributed by atoms with Crippen LogP contribution in [0, 0.1) is 13.8 Å². The molecule has 0 aliphatic heterocycles. The fraction of sp³-hybridized carbons (Fsp3) is 0.304. The molecule has 0 saturated heterocycles. The first-order chi connectivity index (χ1) is 15.2. The molecule has 3 heterocycles. The smallest absolute Gasteiger partial charge is 0.254 e. The number of fused-ring (bicyclic) bond motifs is 3. The molecule has 9 heteroatoms. The summed E-state index contributed by atoms with van der Waals surface area (Å²) in [6, 6.07) is 7.52. The van der Waals surface area contributed by atoms with Crippen LogP contribution in [0.4, 0.5) is 0 Å². The number of aromatic nitrogens is 5. The van der Waals surface area contributed by atoms with Gasteiger partial charge in [0.25, 0.3) is 5.91 Å². The predicted octanol–water partition coefficient (Wildman–Crippen LogP) is 4.52. The molecule has 0 bridgehead atoms. The van der Waals surface area contributed by atoms with E-state index in [9.17, 15) is 4.79 Å². The van der Waals surface area contributed by atoms with E-state index in [1.54, 1.807) is 30.1 Å². The van der Waals surface area contributed by atoms with Gasteiger partial charge in [-0.15, -0.1) is 0 Å². The van der Waals surface area contributed by atoms with Crippen molar-refractivity contribution in [3.63, 3.8) is 0 Å². The third-order valence-electron chi connectivity index (χ3n) is 5.98. The number of carbonyl (C=O) groups excluding carboxylic acids is 1. The van der Waals surface area contributed by atoms with Crippen LogP contribution < -0.4 is 5.32 Å². The van der Waals surface area contributed by atoms with Crippen LogP contribution in [0.25, 0.3) is 11.2 Å². The Morgan fingerprint density at radius 1 is 1.16 bits per heavy atom. The fourth-order valence-corrected chi connectivity index (χ4v) is 4.99. The zero-order chi connectivity index (χ0) is 22.6. The zero-order valence-electron chi connectivity index (χ0n) is 18.0. The lowest BCUT2D eigenvalue weighted by molar-refractivity contribution is 0.0898. The van der Waals surface area contributed by atoms with Crippen LogP contribution in [0.3, 0.4) is 0 Å². The summed E-state index contributed by atoms with van der Waals surface area (Å²) < 4.78 is 3.51. The highest BCUT2D eigenvalue weighted by Gasteiger charge is 2.35. The van der Waals surface area contributed by atoms with Gasteiger partial charge in [-0.2, -0.15) is 10.2 Å². The molecule has 1 N–H and O–H groups in total. The standard InChI is InChI=1S/C23H22Cl2N6O/c1-13-4-5-20-16-10-23(3,7-6-19(16)29-30(20)11-13)27-22(32)21-17(24)8-15(9-18(21)25)31-12-26-14(2)28-31/h4-5,8-9,11-12H,6-7,10H2,1-3H3,(H,27,32). The number of rotatable bonds is 3. The molecule has 1 atom stereocenters. The third-order valence-corrected chi connectivity index (χ3v) is 6.58. The Morgan fingerprint density at radius 2 is 1.91 bits per heavy atom. The summed E-state index contributed by atoms with van der Waals surface area (Å²) in [7, 11) is 0. The molecule has 4 aromatic rings.